The Bertz CT molecular complexity index is 61.8. The first-order chi connectivity index (χ1) is 2.64. The van der Waals surface area contributed by atoms with Gasteiger partial charge in [-0.05, 0) is 6.92 Å². The molecule has 0 rings (SSSR count). The zero-order chi connectivity index (χ0) is 5.15. The molecule has 0 aromatic heterocycles. The second kappa shape index (κ2) is 2.21. The first-order valence-corrected chi connectivity index (χ1v) is 2.07. The van der Waals surface area contributed by atoms with Crippen LogP contribution in [0.1, 0.15) is 6.92 Å². The maximum absolute atomic E-state index is 9.88. The molecule has 0 aliphatic rings. The third-order valence-corrected chi connectivity index (χ3v) is 0.797. The molecule has 0 aliphatic heterocycles. The molecular weight excluding hydrogens is 98.1 g/mol. The highest BCUT2D eigenvalue weighted by atomic mass is 32.1. The molecule has 0 unspecified atom stereocenters. The van der Waals surface area contributed by atoms with Crippen LogP contribution in [0, 0.1) is 0 Å². The second-order valence-corrected chi connectivity index (χ2v) is 1.57. The van der Waals surface area contributed by atoms with Crippen molar-refractivity contribution < 1.29 is 4.79 Å². The van der Waals surface area contributed by atoms with E-state index in [0.717, 1.165) is 0 Å². The van der Waals surface area contributed by atoms with Gasteiger partial charge >= 0.3 is 0 Å². The SMILES string of the molecule is C[C@H](N)C(=O)S. The molecule has 6 heavy (non-hydrogen) atoms. The smallest absolute Gasteiger partial charge is 0.202 e. The Hall–Kier alpha value is -0.0200. The van der Waals surface area contributed by atoms with Gasteiger partial charge in [-0.25, -0.2) is 0 Å². The average Bonchev–Trinajstić information content (AvgIpc) is 1.36. The quantitative estimate of drug-likeness (QED) is 0.453. The lowest BCUT2D eigenvalue weighted by molar-refractivity contribution is -0.111. The van der Waals surface area contributed by atoms with E-state index in [1.807, 2.05) is 0 Å². The molecule has 0 saturated heterocycles. The summed E-state index contributed by atoms with van der Waals surface area (Å²) in [6.07, 6.45) is 0. The number of rotatable bonds is 1. The Balaban J connectivity index is 3.26. The zero-order valence-electron chi connectivity index (χ0n) is 3.51. The summed E-state index contributed by atoms with van der Waals surface area (Å²) in [6.45, 7) is 1.59. The summed E-state index contributed by atoms with van der Waals surface area (Å²) in [7, 11) is 0. The lowest BCUT2D eigenvalue weighted by atomic mass is 10.4. The molecule has 2 N–H and O–H groups in total. The minimum atomic E-state index is -0.423. The van der Waals surface area contributed by atoms with Crippen molar-refractivity contribution >= 4 is 17.7 Å². The van der Waals surface area contributed by atoms with Crippen molar-refractivity contribution in [3.05, 3.63) is 0 Å². The number of nitrogens with two attached hydrogens (primary N) is 1. The van der Waals surface area contributed by atoms with E-state index >= 15 is 0 Å². The van der Waals surface area contributed by atoms with Gasteiger partial charge in [-0.2, -0.15) is 0 Å². The molecule has 0 aromatic rings. The van der Waals surface area contributed by atoms with Crippen molar-refractivity contribution in [1.82, 2.24) is 0 Å². The summed E-state index contributed by atoms with van der Waals surface area (Å²) in [5.74, 6) is 0. The van der Waals surface area contributed by atoms with Crippen molar-refractivity contribution in [3.63, 3.8) is 0 Å². The lowest BCUT2D eigenvalue weighted by Gasteiger charge is -1.90. The molecule has 0 bridgehead atoms. The largest absolute Gasteiger partial charge is 0.321 e. The third-order valence-electron chi connectivity index (χ3n) is 0.390. The molecule has 0 spiro atoms. The lowest BCUT2D eigenvalue weighted by Crippen LogP contribution is -2.21. The highest BCUT2D eigenvalue weighted by molar-refractivity contribution is 7.96. The molecule has 1 atom stereocenters. The second-order valence-electron chi connectivity index (χ2n) is 1.13. The van der Waals surface area contributed by atoms with Crippen molar-refractivity contribution in [2.45, 2.75) is 13.0 Å². The van der Waals surface area contributed by atoms with Gasteiger partial charge < -0.3 is 5.73 Å². The third kappa shape index (κ3) is 2.23. The summed E-state index contributed by atoms with van der Waals surface area (Å²) >= 11 is 3.43. The fraction of sp³-hybridized carbons (Fsp3) is 0.667. The number of hydrogen-bond donors (Lipinski definition) is 2. The molecule has 0 heterocycles. The van der Waals surface area contributed by atoms with Gasteiger partial charge in [0.25, 0.3) is 0 Å². The topological polar surface area (TPSA) is 43.1 Å². The summed E-state index contributed by atoms with van der Waals surface area (Å²) < 4.78 is 0. The Morgan fingerprint density at radius 1 is 2.00 bits per heavy atom. The normalized spacial score (nSPS) is 13.8. The predicted octanol–water partition coefficient (Wildman–Crippen LogP) is -0.210. The van der Waals surface area contributed by atoms with E-state index in [-0.39, 0.29) is 5.12 Å². The summed E-state index contributed by atoms with van der Waals surface area (Å²) in [5.41, 5.74) is 5.01. The van der Waals surface area contributed by atoms with E-state index in [1.54, 1.807) is 6.92 Å². The first kappa shape index (κ1) is 5.98. The summed E-state index contributed by atoms with van der Waals surface area (Å²) in [5, 5.41) is -0.269. The fourth-order valence-corrected chi connectivity index (χ4v) is 0. The Kier molecular flexibility index (Phi) is 2.20. The van der Waals surface area contributed by atoms with Gasteiger partial charge in [-0.15, -0.1) is 12.6 Å². The van der Waals surface area contributed by atoms with Crippen LogP contribution >= 0.6 is 12.6 Å². The average molecular weight is 105 g/mol. The molecule has 2 nitrogen and oxygen atoms in total. The molecule has 3 heteroatoms. The maximum atomic E-state index is 9.88. The highest BCUT2D eigenvalue weighted by Gasteiger charge is 1.96. The van der Waals surface area contributed by atoms with Crippen molar-refractivity contribution in [3.8, 4) is 0 Å². The summed E-state index contributed by atoms with van der Waals surface area (Å²) in [6, 6.07) is -0.423. The van der Waals surface area contributed by atoms with E-state index in [9.17, 15) is 4.79 Å². The number of thiol groups is 1. The van der Waals surface area contributed by atoms with Crippen LogP contribution in [0.25, 0.3) is 0 Å². The number of hydrogen-bond acceptors (Lipinski definition) is 2. The minimum absolute atomic E-state index is 0.269. The van der Waals surface area contributed by atoms with Crippen LogP contribution < -0.4 is 5.73 Å². The van der Waals surface area contributed by atoms with Gasteiger partial charge in [0.15, 0.2) is 0 Å². The van der Waals surface area contributed by atoms with Crippen LogP contribution in [0.3, 0.4) is 0 Å². The van der Waals surface area contributed by atoms with Crippen molar-refractivity contribution in [1.29, 1.82) is 0 Å². The Labute approximate surface area is 42.1 Å². The number of carbonyl (C=O) groups is 1. The molecule has 36 valence electrons. The maximum Gasteiger partial charge on any atom is 0.202 e. The van der Waals surface area contributed by atoms with E-state index in [2.05, 4.69) is 12.6 Å². The highest BCUT2D eigenvalue weighted by Crippen LogP contribution is 1.80. The van der Waals surface area contributed by atoms with Crippen LogP contribution in [0.15, 0.2) is 0 Å². The van der Waals surface area contributed by atoms with Gasteiger partial charge in [-0.1, -0.05) is 0 Å². The van der Waals surface area contributed by atoms with Gasteiger partial charge in [0.1, 0.15) is 0 Å². The van der Waals surface area contributed by atoms with Crippen LogP contribution in [0.5, 0.6) is 0 Å². The van der Waals surface area contributed by atoms with Gasteiger partial charge in [-0.3, -0.25) is 4.79 Å². The van der Waals surface area contributed by atoms with Crippen LogP contribution in [-0.2, 0) is 4.79 Å². The van der Waals surface area contributed by atoms with E-state index in [0.29, 0.717) is 0 Å². The molecule has 0 aliphatic carbocycles. The van der Waals surface area contributed by atoms with E-state index in [1.165, 1.54) is 0 Å². The molecule has 0 amide bonds. The molecule has 0 aromatic carbocycles. The monoisotopic (exact) mass is 105 g/mol. The molecule has 0 fully saturated rings. The van der Waals surface area contributed by atoms with Gasteiger partial charge in [0.05, 0.1) is 6.04 Å². The fourth-order valence-electron chi connectivity index (χ4n) is 0. The van der Waals surface area contributed by atoms with Crippen LogP contribution in [0.4, 0.5) is 0 Å². The van der Waals surface area contributed by atoms with Crippen molar-refractivity contribution in [2.75, 3.05) is 0 Å². The standard InChI is InChI=1S/C3H7NOS/c1-2(4)3(5)6/h2H,4H2,1H3,(H,5,6)/t2-/m0/s1. The molecular formula is C3H7NOS. The summed E-state index contributed by atoms with van der Waals surface area (Å²) in [4.78, 5) is 9.88. The zero-order valence-corrected chi connectivity index (χ0v) is 4.40. The molecule has 0 radical (unpaired) electrons. The Morgan fingerprint density at radius 3 is 2.17 bits per heavy atom. The van der Waals surface area contributed by atoms with E-state index < -0.39 is 6.04 Å². The minimum Gasteiger partial charge on any atom is -0.321 e. The first-order valence-electron chi connectivity index (χ1n) is 1.63. The van der Waals surface area contributed by atoms with Crippen LogP contribution in [0.2, 0.25) is 0 Å². The van der Waals surface area contributed by atoms with Gasteiger partial charge in [0, 0.05) is 0 Å². The Morgan fingerprint density at radius 2 is 2.17 bits per heavy atom. The van der Waals surface area contributed by atoms with Gasteiger partial charge in [0.2, 0.25) is 5.12 Å². The predicted molar refractivity (Wildman–Crippen MR) is 27.6 cm³/mol. The molecule has 0 saturated carbocycles. The van der Waals surface area contributed by atoms with Crippen molar-refractivity contribution in [2.24, 2.45) is 5.73 Å². The number of carbonyl (C=O) groups excluding carboxylic acids is 1. The van der Waals surface area contributed by atoms with Crippen LogP contribution in [-0.4, -0.2) is 11.2 Å². The van der Waals surface area contributed by atoms with E-state index in [4.69, 9.17) is 5.73 Å².